The molecule has 2 nitrogen and oxygen atoms in total. The fourth-order valence-corrected chi connectivity index (χ4v) is 3.45. The van der Waals surface area contributed by atoms with Gasteiger partial charge in [0.15, 0.2) is 5.82 Å². The summed E-state index contributed by atoms with van der Waals surface area (Å²) in [6.07, 6.45) is 2.71. The lowest BCUT2D eigenvalue weighted by Gasteiger charge is -2.10. The van der Waals surface area contributed by atoms with Crippen molar-refractivity contribution in [3.05, 3.63) is 31.9 Å². The first-order chi connectivity index (χ1) is 8.09. The molecule has 0 aliphatic heterocycles. The third-order valence-electron chi connectivity index (χ3n) is 3.02. The Bertz CT molecular complexity index is 645. The Kier molecular flexibility index (Phi) is 2.76. The fourth-order valence-electron chi connectivity index (χ4n) is 2.33. The van der Waals surface area contributed by atoms with E-state index in [0.717, 1.165) is 30.4 Å². The number of nitrogens with zero attached hydrogens (tertiary/aromatic N) is 2. The van der Waals surface area contributed by atoms with Crippen LogP contribution in [-0.2, 0) is 12.8 Å². The molecule has 88 valence electrons. The summed E-state index contributed by atoms with van der Waals surface area (Å²) in [6.45, 7) is 0. The molecule has 0 spiro atoms. The highest BCUT2D eigenvalue weighted by Crippen LogP contribution is 2.39. The monoisotopic (exact) mass is 334 g/mol. The van der Waals surface area contributed by atoms with Gasteiger partial charge < -0.3 is 0 Å². The fraction of sp³-hybridized carbons (Fsp3) is 0.273. The Morgan fingerprint density at radius 1 is 1.12 bits per heavy atom. The lowest BCUT2D eigenvalue weighted by molar-refractivity contribution is 0.627. The van der Waals surface area contributed by atoms with Gasteiger partial charge in [0.25, 0.3) is 0 Å². The highest BCUT2D eigenvalue weighted by atomic mass is 79.9. The topological polar surface area (TPSA) is 25.8 Å². The smallest absolute Gasteiger partial charge is 0.215 e. The molecule has 0 unspecified atom stereocenters. The van der Waals surface area contributed by atoms with E-state index in [1.807, 2.05) is 0 Å². The first kappa shape index (κ1) is 11.6. The highest BCUT2D eigenvalue weighted by molar-refractivity contribution is 9.10. The number of aryl methyl sites for hydroxylation is 1. The molecule has 17 heavy (non-hydrogen) atoms. The van der Waals surface area contributed by atoms with Crippen molar-refractivity contribution in [2.45, 2.75) is 19.3 Å². The number of benzene rings is 1. The number of aromatic nitrogens is 2. The summed E-state index contributed by atoms with van der Waals surface area (Å²) in [7, 11) is 0. The van der Waals surface area contributed by atoms with Gasteiger partial charge >= 0.3 is 0 Å². The van der Waals surface area contributed by atoms with Gasteiger partial charge in [0.1, 0.15) is 10.7 Å². The molecule has 1 aromatic carbocycles. The predicted molar refractivity (Wildman–Crippen MR) is 69.2 cm³/mol. The summed E-state index contributed by atoms with van der Waals surface area (Å²) in [5.41, 5.74) is 2.21. The van der Waals surface area contributed by atoms with Crippen LogP contribution in [0.15, 0.2) is 4.47 Å². The van der Waals surface area contributed by atoms with E-state index in [0.29, 0.717) is 9.86 Å². The second kappa shape index (κ2) is 4.04. The van der Waals surface area contributed by atoms with E-state index >= 15 is 0 Å². The largest absolute Gasteiger partial charge is 0.224 e. The molecule has 0 atom stereocenters. The van der Waals surface area contributed by atoms with Crippen molar-refractivity contribution in [1.82, 2.24) is 9.97 Å². The van der Waals surface area contributed by atoms with Gasteiger partial charge in [0.05, 0.1) is 4.47 Å². The van der Waals surface area contributed by atoms with Crippen molar-refractivity contribution < 1.29 is 4.39 Å². The number of fused-ring (bicyclic) bond motifs is 3. The second-order valence-electron chi connectivity index (χ2n) is 3.95. The molecule has 1 aliphatic carbocycles. The Balaban J connectivity index is 2.55. The summed E-state index contributed by atoms with van der Waals surface area (Å²) < 4.78 is 14.6. The average Bonchev–Trinajstić information content (AvgIpc) is 2.73. The minimum absolute atomic E-state index is 0.0359. The van der Waals surface area contributed by atoms with E-state index in [4.69, 9.17) is 23.2 Å². The van der Waals surface area contributed by atoms with Gasteiger partial charge in [0.2, 0.25) is 5.28 Å². The average molecular weight is 336 g/mol. The molecular weight excluding hydrogens is 330 g/mol. The Morgan fingerprint density at radius 2 is 1.82 bits per heavy atom. The maximum absolute atomic E-state index is 14.2. The van der Waals surface area contributed by atoms with Gasteiger partial charge in [-0.05, 0) is 57.9 Å². The van der Waals surface area contributed by atoms with Crippen molar-refractivity contribution in [3.63, 3.8) is 0 Å². The minimum Gasteiger partial charge on any atom is -0.215 e. The first-order valence-electron chi connectivity index (χ1n) is 5.11. The van der Waals surface area contributed by atoms with Crippen molar-refractivity contribution in [2.24, 2.45) is 0 Å². The molecule has 3 rings (SSSR count). The van der Waals surface area contributed by atoms with E-state index in [9.17, 15) is 4.39 Å². The van der Waals surface area contributed by atoms with Crippen LogP contribution in [0.1, 0.15) is 17.5 Å². The predicted octanol–water partition coefficient (Wildman–Crippen LogP) is 4.33. The SMILES string of the molecule is Fc1c(Br)c2c(c3c(Cl)nc(Cl)nc13)CCC2. The lowest BCUT2D eigenvalue weighted by atomic mass is 10.1. The summed E-state index contributed by atoms with van der Waals surface area (Å²) in [5.74, 6) is -0.410. The van der Waals surface area contributed by atoms with Crippen LogP contribution < -0.4 is 0 Å². The Labute approximate surface area is 115 Å². The van der Waals surface area contributed by atoms with E-state index in [-0.39, 0.29) is 16.0 Å². The number of rotatable bonds is 0. The van der Waals surface area contributed by atoms with Crippen LogP contribution >= 0.6 is 39.1 Å². The molecule has 0 saturated carbocycles. The molecule has 0 N–H and O–H groups in total. The van der Waals surface area contributed by atoms with Gasteiger partial charge in [0, 0.05) is 5.39 Å². The van der Waals surface area contributed by atoms with Gasteiger partial charge in [-0.1, -0.05) is 11.6 Å². The number of hydrogen-bond acceptors (Lipinski definition) is 2. The highest BCUT2D eigenvalue weighted by Gasteiger charge is 2.24. The van der Waals surface area contributed by atoms with Gasteiger partial charge in [-0.25, -0.2) is 14.4 Å². The zero-order valence-electron chi connectivity index (χ0n) is 8.53. The van der Waals surface area contributed by atoms with Crippen LogP contribution in [0.3, 0.4) is 0 Å². The minimum atomic E-state index is -0.410. The molecule has 1 aromatic heterocycles. The van der Waals surface area contributed by atoms with E-state index in [1.54, 1.807) is 0 Å². The molecular formula is C11H6BrCl2FN2. The standard InChI is InChI=1S/C11H6BrCl2FN2/c12-7-5-3-1-2-4(5)6-9(8(7)15)16-11(14)17-10(6)13/h1-3H2. The molecule has 0 fully saturated rings. The Hall–Kier alpha value is -0.450. The number of halogens is 4. The molecule has 0 saturated heterocycles. The Morgan fingerprint density at radius 3 is 2.59 bits per heavy atom. The summed E-state index contributed by atoms with van der Waals surface area (Å²) in [6, 6.07) is 0. The van der Waals surface area contributed by atoms with E-state index < -0.39 is 5.82 Å². The van der Waals surface area contributed by atoms with Gasteiger partial charge in [-0.2, -0.15) is 0 Å². The van der Waals surface area contributed by atoms with Crippen molar-refractivity contribution in [1.29, 1.82) is 0 Å². The van der Waals surface area contributed by atoms with Crippen LogP contribution in [0.2, 0.25) is 10.4 Å². The van der Waals surface area contributed by atoms with Crippen LogP contribution in [0.5, 0.6) is 0 Å². The molecule has 2 aromatic rings. The normalized spacial score (nSPS) is 14.4. The maximum atomic E-state index is 14.2. The summed E-state index contributed by atoms with van der Waals surface area (Å²) >= 11 is 15.0. The van der Waals surface area contributed by atoms with Crippen molar-refractivity contribution in [2.75, 3.05) is 0 Å². The maximum Gasteiger partial charge on any atom is 0.224 e. The molecule has 1 aliphatic rings. The van der Waals surface area contributed by atoms with Gasteiger partial charge in [-0.3, -0.25) is 0 Å². The van der Waals surface area contributed by atoms with Crippen LogP contribution in [-0.4, -0.2) is 9.97 Å². The lowest BCUT2D eigenvalue weighted by Crippen LogP contribution is -1.98. The molecule has 1 heterocycles. The number of hydrogen-bond donors (Lipinski definition) is 0. The zero-order chi connectivity index (χ0) is 12.2. The second-order valence-corrected chi connectivity index (χ2v) is 5.43. The van der Waals surface area contributed by atoms with E-state index in [1.165, 1.54) is 0 Å². The summed E-state index contributed by atoms with van der Waals surface area (Å²) in [5, 5.41) is 0.792. The third-order valence-corrected chi connectivity index (χ3v) is 4.29. The van der Waals surface area contributed by atoms with Crippen molar-refractivity contribution >= 4 is 50.0 Å². The third kappa shape index (κ3) is 1.65. The first-order valence-corrected chi connectivity index (χ1v) is 6.66. The molecule has 0 bridgehead atoms. The quantitative estimate of drug-likeness (QED) is 0.529. The molecule has 6 heteroatoms. The van der Waals surface area contributed by atoms with Crippen LogP contribution in [0.4, 0.5) is 4.39 Å². The van der Waals surface area contributed by atoms with Crippen molar-refractivity contribution in [3.8, 4) is 0 Å². The molecule has 0 amide bonds. The van der Waals surface area contributed by atoms with Crippen LogP contribution in [0.25, 0.3) is 10.9 Å². The molecule has 0 radical (unpaired) electrons. The summed E-state index contributed by atoms with van der Waals surface area (Å²) in [4.78, 5) is 7.83. The van der Waals surface area contributed by atoms with Crippen LogP contribution in [0, 0.1) is 5.82 Å². The van der Waals surface area contributed by atoms with E-state index in [2.05, 4.69) is 25.9 Å². The van der Waals surface area contributed by atoms with Gasteiger partial charge in [-0.15, -0.1) is 0 Å². The zero-order valence-corrected chi connectivity index (χ0v) is 11.6.